The van der Waals surface area contributed by atoms with Gasteiger partial charge in [0, 0.05) is 12.7 Å². The molecule has 1 aromatic carbocycles. The first kappa shape index (κ1) is 11.6. The largest absolute Gasteiger partial charge is 0.382 e. The predicted octanol–water partition coefficient (Wildman–Crippen LogP) is 0.924. The number of aromatic nitrogens is 2. The third-order valence-electron chi connectivity index (χ3n) is 3.11. The second-order valence-electron chi connectivity index (χ2n) is 4.49. The Morgan fingerprint density at radius 2 is 2.11 bits per heavy atom. The van der Waals surface area contributed by atoms with Crippen LogP contribution in [0.25, 0.3) is 0 Å². The maximum absolute atomic E-state index is 11.7. The van der Waals surface area contributed by atoms with Crippen molar-refractivity contribution < 1.29 is 4.79 Å². The topological polar surface area (TPSA) is 76.2 Å². The second-order valence-corrected chi connectivity index (χ2v) is 4.49. The van der Waals surface area contributed by atoms with E-state index in [0.29, 0.717) is 25.5 Å². The molecule has 3 rings (SSSR count). The number of nitrogens with zero attached hydrogens (tertiary/aromatic N) is 3. The smallest absolute Gasteiger partial charge is 0.243 e. The van der Waals surface area contributed by atoms with Crippen molar-refractivity contribution in [1.82, 2.24) is 9.78 Å². The fraction of sp³-hybridized carbons (Fsp3) is 0.231. The first-order valence-electron chi connectivity index (χ1n) is 6.15. The number of nitrogens with two attached hydrogens (primary N) is 1. The van der Waals surface area contributed by atoms with E-state index in [1.54, 1.807) is 10.7 Å². The minimum absolute atomic E-state index is 0.0127. The third kappa shape index (κ3) is 2.37. The molecule has 2 heterocycles. The highest BCUT2D eigenvalue weighted by molar-refractivity contribution is 6.01. The monoisotopic (exact) mass is 257 g/mol. The summed E-state index contributed by atoms with van der Waals surface area (Å²) in [5.41, 5.74) is 7.48. The number of carbonyl (C=O) groups excluding carboxylic acids is 1. The molecule has 6 heteroatoms. The van der Waals surface area contributed by atoms with Gasteiger partial charge in [0.1, 0.15) is 5.82 Å². The Morgan fingerprint density at radius 1 is 1.26 bits per heavy atom. The van der Waals surface area contributed by atoms with E-state index in [0.717, 1.165) is 11.4 Å². The van der Waals surface area contributed by atoms with E-state index >= 15 is 0 Å². The van der Waals surface area contributed by atoms with E-state index in [2.05, 4.69) is 10.4 Å². The van der Waals surface area contributed by atoms with Crippen molar-refractivity contribution in [2.75, 3.05) is 29.0 Å². The highest BCUT2D eigenvalue weighted by Crippen LogP contribution is 2.28. The molecule has 1 aromatic heterocycles. The lowest BCUT2D eigenvalue weighted by Gasteiger charge is -2.30. The number of nitrogens with one attached hydrogen (secondary N) is 1. The predicted molar refractivity (Wildman–Crippen MR) is 73.9 cm³/mol. The van der Waals surface area contributed by atoms with Crippen molar-refractivity contribution in [2.24, 2.45) is 0 Å². The summed E-state index contributed by atoms with van der Waals surface area (Å²) in [5.74, 6) is 0.524. The number of anilines is 3. The first-order valence-corrected chi connectivity index (χ1v) is 6.15. The molecule has 0 saturated heterocycles. The first-order chi connectivity index (χ1) is 9.22. The molecule has 1 aliphatic rings. The third-order valence-corrected chi connectivity index (χ3v) is 3.11. The van der Waals surface area contributed by atoms with Crippen LogP contribution in [0.5, 0.6) is 0 Å². The van der Waals surface area contributed by atoms with Crippen molar-refractivity contribution >= 4 is 23.1 Å². The summed E-state index contributed by atoms with van der Waals surface area (Å²) < 4.78 is 1.78. The zero-order chi connectivity index (χ0) is 13.2. The number of benzene rings is 1. The normalized spacial score (nSPS) is 14.1. The lowest BCUT2D eigenvalue weighted by Crippen LogP contribution is -2.39. The number of hydrogen-bond donors (Lipinski definition) is 2. The fourth-order valence-corrected chi connectivity index (χ4v) is 2.23. The molecule has 0 atom stereocenters. The summed E-state index contributed by atoms with van der Waals surface area (Å²) in [6.07, 6.45) is 1.84. The maximum Gasteiger partial charge on any atom is 0.243 e. The fourth-order valence-electron chi connectivity index (χ4n) is 2.23. The Labute approximate surface area is 110 Å². The zero-order valence-corrected chi connectivity index (χ0v) is 10.4. The van der Waals surface area contributed by atoms with E-state index in [1.165, 1.54) is 0 Å². The second kappa shape index (κ2) is 4.64. The maximum atomic E-state index is 11.7. The van der Waals surface area contributed by atoms with Crippen molar-refractivity contribution in [3.63, 3.8) is 0 Å². The standard InChI is InChI=1S/C13H15N5O/c14-12-5-6-18(16-12)8-7-17-9-13(19)15-10-3-1-2-4-11(10)17/h1-6H,7-9H2,(H2,14,16)(H,15,19). The quantitative estimate of drug-likeness (QED) is 0.857. The van der Waals surface area contributed by atoms with Crippen LogP contribution in [-0.4, -0.2) is 28.8 Å². The van der Waals surface area contributed by atoms with Crippen molar-refractivity contribution in [2.45, 2.75) is 6.54 Å². The summed E-state index contributed by atoms with van der Waals surface area (Å²) in [6.45, 7) is 1.78. The molecule has 0 bridgehead atoms. The number of rotatable bonds is 3. The summed E-state index contributed by atoms with van der Waals surface area (Å²) in [4.78, 5) is 13.7. The molecule has 6 nitrogen and oxygen atoms in total. The molecule has 0 fully saturated rings. The molecule has 2 aromatic rings. The van der Waals surface area contributed by atoms with Crippen molar-refractivity contribution in [1.29, 1.82) is 0 Å². The molecule has 0 radical (unpaired) electrons. The van der Waals surface area contributed by atoms with Crippen molar-refractivity contribution in [3.8, 4) is 0 Å². The van der Waals surface area contributed by atoms with Crippen LogP contribution in [0.2, 0.25) is 0 Å². The number of fused-ring (bicyclic) bond motifs is 1. The lowest BCUT2D eigenvalue weighted by molar-refractivity contribution is -0.115. The van der Waals surface area contributed by atoms with Gasteiger partial charge in [0.2, 0.25) is 5.91 Å². The molecule has 98 valence electrons. The number of carbonyl (C=O) groups is 1. The summed E-state index contributed by atoms with van der Waals surface area (Å²) in [6, 6.07) is 9.56. The van der Waals surface area contributed by atoms with Crippen molar-refractivity contribution in [3.05, 3.63) is 36.5 Å². The SMILES string of the molecule is Nc1ccn(CCN2CC(=O)Nc3ccccc32)n1. The molecular formula is C13H15N5O. The Bertz CT molecular complexity index is 607. The van der Waals surface area contributed by atoms with Gasteiger partial charge in [-0.25, -0.2) is 0 Å². The molecule has 1 amide bonds. The van der Waals surface area contributed by atoms with Gasteiger partial charge in [-0.1, -0.05) is 12.1 Å². The van der Waals surface area contributed by atoms with Gasteiger partial charge in [-0.05, 0) is 18.2 Å². The minimum atomic E-state index is 0.0127. The van der Waals surface area contributed by atoms with E-state index in [9.17, 15) is 4.79 Å². The van der Waals surface area contributed by atoms with Gasteiger partial charge >= 0.3 is 0 Å². The van der Waals surface area contributed by atoms with Gasteiger partial charge in [0.15, 0.2) is 0 Å². The zero-order valence-electron chi connectivity index (χ0n) is 10.4. The van der Waals surface area contributed by atoms with E-state index in [1.807, 2.05) is 35.4 Å². The molecular weight excluding hydrogens is 242 g/mol. The van der Waals surface area contributed by atoms with Gasteiger partial charge < -0.3 is 16.0 Å². The molecule has 1 aliphatic heterocycles. The molecule has 0 saturated carbocycles. The van der Waals surface area contributed by atoms with Crippen LogP contribution in [0.1, 0.15) is 0 Å². The summed E-state index contributed by atoms with van der Waals surface area (Å²) >= 11 is 0. The number of para-hydroxylation sites is 2. The molecule has 3 N–H and O–H groups in total. The van der Waals surface area contributed by atoms with E-state index in [4.69, 9.17) is 5.73 Å². The van der Waals surface area contributed by atoms with Crippen LogP contribution in [-0.2, 0) is 11.3 Å². The van der Waals surface area contributed by atoms with Crippen LogP contribution in [0.4, 0.5) is 17.2 Å². The molecule has 19 heavy (non-hydrogen) atoms. The Hall–Kier alpha value is -2.50. The average Bonchev–Trinajstić information content (AvgIpc) is 2.81. The highest BCUT2D eigenvalue weighted by Gasteiger charge is 2.20. The van der Waals surface area contributed by atoms with Crippen LogP contribution < -0.4 is 16.0 Å². The van der Waals surface area contributed by atoms with Crippen LogP contribution in [0, 0.1) is 0 Å². The Kier molecular flexibility index (Phi) is 2.83. The van der Waals surface area contributed by atoms with Gasteiger partial charge in [0.25, 0.3) is 0 Å². The van der Waals surface area contributed by atoms with Crippen LogP contribution in [0.3, 0.4) is 0 Å². The molecule has 0 unspecified atom stereocenters. The van der Waals surface area contributed by atoms with Gasteiger partial charge in [-0.2, -0.15) is 5.10 Å². The molecule has 0 spiro atoms. The average molecular weight is 257 g/mol. The molecule has 0 aliphatic carbocycles. The van der Waals surface area contributed by atoms with Crippen LogP contribution in [0.15, 0.2) is 36.5 Å². The number of nitrogen functional groups attached to an aromatic ring is 1. The number of hydrogen-bond acceptors (Lipinski definition) is 4. The lowest BCUT2D eigenvalue weighted by atomic mass is 10.2. The van der Waals surface area contributed by atoms with E-state index < -0.39 is 0 Å². The minimum Gasteiger partial charge on any atom is -0.382 e. The van der Waals surface area contributed by atoms with E-state index in [-0.39, 0.29) is 5.91 Å². The summed E-state index contributed by atoms with van der Waals surface area (Å²) in [7, 11) is 0. The Morgan fingerprint density at radius 3 is 2.89 bits per heavy atom. The highest BCUT2D eigenvalue weighted by atomic mass is 16.2. The van der Waals surface area contributed by atoms with Gasteiger partial charge in [-0.15, -0.1) is 0 Å². The van der Waals surface area contributed by atoms with Gasteiger partial charge in [-0.3, -0.25) is 9.48 Å². The Balaban J connectivity index is 1.76. The van der Waals surface area contributed by atoms with Crippen LogP contribution >= 0.6 is 0 Å². The van der Waals surface area contributed by atoms with Gasteiger partial charge in [0.05, 0.1) is 24.5 Å². The number of amides is 1. The summed E-state index contributed by atoms with van der Waals surface area (Å²) in [5, 5.41) is 7.01.